The Bertz CT molecular complexity index is 272. The molecule has 0 fully saturated rings. The van der Waals surface area contributed by atoms with E-state index < -0.39 is 16.6 Å². The average molecular weight is 171 g/mol. The fourth-order valence-electron chi connectivity index (χ4n) is 1.13. The molecule has 1 aliphatic carbocycles. The highest BCUT2D eigenvalue weighted by atomic mass is 19.1. The summed E-state index contributed by atoms with van der Waals surface area (Å²) in [6, 6.07) is 0. The van der Waals surface area contributed by atoms with Crippen LogP contribution in [0.3, 0.4) is 0 Å². The van der Waals surface area contributed by atoms with E-state index in [1.807, 2.05) is 0 Å². The molecule has 1 aliphatic rings. The first-order chi connectivity index (χ1) is 5.46. The molecule has 0 aliphatic heterocycles. The predicted octanol–water partition coefficient (Wildman–Crippen LogP) is 1.88. The molecule has 0 aromatic rings. The lowest BCUT2D eigenvalue weighted by atomic mass is 9.92. The number of nitrogens with zero attached hydrogens (tertiary/aromatic N) is 1. The Hall–Kier alpha value is -1.19. The highest BCUT2D eigenvalue weighted by Crippen LogP contribution is 2.24. The van der Waals surface area contributed by atoms with Crippen molar-refractivity contribution in [3.63, 3.8) is 0 Å². The molecule has 12 heavy (non-hydrogen) atoms. The van der Waals surface area contributed by atoms with Crippen molar-refractivity contribution < 1.29 is 9.31 Å². The molecule has 0 aromatic carbocycles. The molecule has 0 spiro atoms. The number of nitro groups is 1. The fourth-order valence-corrected chi connectivity index (χ4v) is 1.13. The van der Waals surface area contributed by atoms with Gasteiger partial charge in [-0.3, -0.25) is 10.1 Å². The van der Waals surface area contributed by atoms with Gasteiger partial charge in [0.2, 0.25) is 0 Å². The SMILES string of the molecule is CC1=CC(C)([N+](=O)[O-])C=CC1F. The van der Waals surface area contributed by atoms with Crippen molar-refractivity contribution in [2.75, 3.05) is 0 Å². The number of halogens is 1. The molecule has 66 valence electrons. The van der Waals surface area contributed by atoms with Crippen LogP contribution in [0.25, 0.3) is 0 Å². The molecule has 0 heterocycles. The maximum absolute atomic E-state index is 12.8. The number of hydrogen-bond donors (Lipinski definition) is 0. The summed E-state index contributed by atoms with van der Waals surface area (Å²) < 4.78 is 12.8. The van der Waals surface area contributed by atoms with Crippen LogP contribution in [-0.2, 0) is 0 Å². The Morgan fingerprint density at radius 1 is 1.75 bits per heavy atom. The van der Waals surface area contributed by atoms with E-state index in [0.29, 0.717) is 5.57 Å². The molecule has 0 saturated carbocycles. The number of rotatable bonds is 1. The third-order valence-corrected chi connectivity index (χ3v) is 1.95. The minimum atomic E-state index is -1.23. The van der Waals surface area contributed by atoms with Gasteiger partial charge in [-0.2, -0.15) is 0 Å². The summed E-state index contributed by atoms with van der Waals surface area (Å²) in [7, 11) is 0. The molecule has 0 amide bonds. The second-order valence-electron chi connectivity index (χ2n) is 3.13. The van der Waals surface area contributed by atoms with E-state index in [9.17, 15) is 14.5 Å². The van der Waals surface area contributed by atoms with Crippen LogP contribution >= 0.6 is 0 Å². The van der Waals surface area contributed by atoms with Crippen LogP contribution in [0.5, 0.6) is 0 Å². The maximum Gasteiger partial charge on any atom is 0.256 e. The van der Waals surface area contributed by atoms with Gasteiger partial charge in [0.05, 0.1) is 0 Å². The fraction of sp³-hybridized carbons (Fsp3) is 0.500. The van der Waals surface area contributed by atoms with Gasteiger partial charge in [-0.05, 0) is 30.7 Å². The second-order valence-corrected chi connectivity index (χ2v) is 3.13. The van der Waals surface area contributed by atoms with Gasteiger partial charge in [-0.1, -0.05) is 0 Å². The van der Waals surface area contributed by atoms with Gasteiger partial charge in [0.1, 0.15) is 6.17 Å². The topological polar surface area (TPSA) is 43.1 Å². The van der Waals surface area contributed by atoms with Crippen LogP contribution in [0.2, 0.25) is 0 Å². The molecule has 0 N–H and O–H groups in total. The first-order valence-corrected chi connectivity index (χ1v) is 3.63. The van der Waals surface area contributed by atoms with E-state index >= 15 is 0 Å². The molecule has 4 heteroatoms. The van der Waals surface area contributed by atoms with E-state index in [-0.39, 0.29) is 0 Å². The third-order valence-electron chi connectivity index (χ3n) is 1.95. The van der Waals surface area contributed by atoms with Gasteiger partial charge >= 0.3 is 0 Å². The summed E-state index contributed by atoms with van der Waals surface area (Å²) >= 11 is 0. The van der Waals surface area contributed by atoms with Crippen LogP contribution in [-0.4, -0.2) is 16.6 Å². The third kappa shape index (κ3) is 1.37. The lowest BCUT2D eigenvalue weighted by Gasteiger charge is -2.19. The number of alkyl halides is 1. The molecule has 1 rings (SSSR count). The van der Waals surface area contributed by atoms with Crippen molar-refractivity contribution >= 4 is 0 Å². The van der Waals surface area contributed by atoms with E-state index in [2.05, 4.69) is 0 Å². The standard InChI is InChI=1S/C8H10FNO2/c1-6-5-8(2,10(11)12)4-3-7(6)9/h3-5,7H,1-2H3. The van der Waals surface area contributed by atoms with Crippen LogP contribution in [0, 0.1) is 10.1 Å². The summed E-state index contributed by atoms with van der Waals surface area (Å²) in [4.78, 5) is 10.1. The van der Waals surface area contributed by atoms with Crippen LogP contribution in [0.1, 0.15) is 13.8 Å². The quantitative estimate of drug-likeness (QED) is 0.343. The maximum atomic E-state index is 12.8. The molecule has 2 atom stereocenters. The van der Waals surface area contributed by atoms with Gasteiger partial charge in [-0.15, -0.1) is 0 Å². The van der Waals surface area contributed by atoms with Crippen molar-refractivity contribution in [1.29, 1.82) is 0 Å². The largest absolute Gasteiger partial charge is 0.263 e. The van der Waals surface area contributed by atoms with Gasteiger partial charge in [0, 0.05) is 11.8 Å². The van der Waals surface area contributed by atoms with Crippen molar-refractivity contribution in [2.45, 2.75) is 25.6 Å². The Labute approximate surface area is 69.7 Å². The summed E-state index contributed by atoms with van der Waals surface area (Å²) in [6.45, 7) is 2.99. The molecule has 2 unspecified atom stereocenters. The summed E-state index contributed by atoms with van der Waals surface area (Å²) in [5, 5.41) is 10.5. The summed E-state index contributed by atoms with van der Waals surface area (Å²) in [6.07, 6.45) is 2.68. The van der Waals surface area contributed by atoms with Crippen molar-refractivity contribution in [3.8, 4) is 0 Å². The summed E-state index contributed by atoms with van der Waals surface area (Å²) in [5.74, 6) is 0. The van der Waals surface area contributed by atoms with Crippen LogP contribution in [0.4, 0.5) is 4.39 Å². The van der Waals surface area contributed by atoms with E-state index in [4.69, 9.17) is 0 Å². The first-order valence-electron chi connectivity index (χ1n) is 3.63. The molecule has 3 nitrogen and oxygen atoms in total. The minimum Gasteiger partial charge on any atom is -0.263 e. The smallest absolute Gasteiger partial charge is 0.256 e. The molecule has 0 radical (unpaired) electrons. The van der Waals surface area contributed by atoms with Gasteiger partial charge in [0.25, 0.3) is 5.54 Å². The minimum absolute atomic E-state index is 0.400. The van der Waals surface area contributed by atoms with Crippen LogP contribution < -0.4 is 0 Å². The highest BCUT2D eigenvalue weighted by molar-refractivity contribution is 5.28. The highest BCUT2D eigenvalue weighted by Gasteiger charge is 2.34. The molecular formula is C8H10FNO2. The van der Waals surface area contributed by atoms with Gasteiger partial charge in [0.15, 0.2) is 0 Å². The Kier molecular flexibility index (Phi) is 2.00. The second kappa shape index (κ2) is 2.69. The zero-order valence-corrected chi connectivity index (χ0v) is 6.95. The van der Waals surface area contributed by atoms with Crippen molar-refractivity contribution in [2.24, 2.45) is 0 Å². The molecule has 0 bridgehead atoms. The average Bonchev–Trinajstić information content (AvgIpc) is 1.97. The first kappa shape index (κ1) is 8.90. The summed E-state index contributed by atoms with van der Waals surface area (Å²) in [5.41, 5.74) is -0.830. The zero-order valence-electron chi connectivity index (χ0n) is 6.95. The van der Waals surface area contributed by atoms with E-state index in [1.165, 1.54) is 25.2 Å². The number of allylic oxidation sites excluding steroid dienone is 2. The number of hydrogen-bond acceptors (Lipinski definition) is 2. The normalized spacial score (nSPS) is 34.6. The molecule has 0 saturated heterocycles. The zero-order chi connectivity index (χ0) is 9.35. The van der Waals surface area contributed by atoms with Crippen LogP contribution in [0.15, 0.2) is 23.8 Å². The molecular weight excluding hydrogens is 161 g/mol. The van der Waals surface area contributed by atoms with Crippen molar-refractivity contribution in [3.05, 3.63) is 33.9 Å². The lowest BCUT2D eigenvalue weighted by molar-refractivity contribution is -0.536. The van der Waals surface area contributed by atoms with E-state index in [1.54, 1.807) is 6.92 Å². The Morgan fingerprint density at radius 3 is 2.75 bits per heavy atom. The van der Waals surface area contributed by atoms with Gasteiger partial charge in [-0.25, -0.2) is 4.39 Å². The van der Waals surface area contributed by atoms with Crippen molar-refractivity contribution in [1.82, 2.24) is 0 Å². The van der Waals surface area contributed by atoms with E-state index in [0.717, 1.165) is 0 Å². The Balaban J connectivity index is 2.99. The Morgan fingerprint density at radius 2 is 2.33 bits per heavy atom. The predicted molar refractivity (Wildman–Crippen MR) is 43.2 cm³/mol. The molecule has 0 aromatic heterocycles. The lowest BCUT2D eigenvalue weighted by Crippen LogP contribution is -2.33. The monoisotopic (exact) mass is 171 g/mol. The van der Waals surface area contributed by atoms with Gasteiger partial charge < -0.3 is 0 Å².